The number of carbonyl (C=O) groups excluding carboxylic acids is 1. The van der Waals surface area contributed by atoms with Crippen molar-refractivity contribution >= 4 is 33.0 Å². The first-order chi connectivity index (χ1) is 10.8. The Kier molecular flexibility index (Phi) is 5.28. The van der Waals surface area contributed by atoms with Gasteiger partial charge in [-0.15, -0.1) is 0 Å². The number of halogens is 1. The second-order valence-corrected chi connectivity index (χ2v) is 7.22. The summed E-state index contributed by atoms with van der Waals surface area (Å²) in [5, 5.41) is 2.78. The molecule has 0 saturated heterocycles. The number of rotatable bonds is 5. The average molecular weight is 354 g/mol. The van der Waals surface area contributed by atoms with Crippen molar-refractivity contribution in [1.82, 2.24) is 0 Å². The Balaban J connectivity index is 2.21. The van der Waals surface area contributed by atoms with E-state index in [1.54, 1.807) is 24.3 Å². The quantitative estimate of drug-likeness (QED) is 0.894. The van der Waals surface area contributed by atoms with Crippen molar-refractivity contribution in [3.8, 4) is 5.75 Å². The molecule has 5 nitrogen and oxygen atoms in total. The number of hydrogen-bond acceptors (Lipinski definition) is 4. The molecule has 2 aromatic carbocycles. The van der Waals surface area contributed by atoms with Crippen LogP contribution in [0.5, 0.6) is 5.75 Å². The lowest BCUT2D eigenvalue weighted by molar-refractivity contribution is 0.102. The molecule has 0 atom stereocenters. The Labute approximate surface area is 140 Å². The van der Waals surface area contributed by atoms with E-state index in [2.05, 4.69) is 5.32 Å². The smallest absolute Gasteiger partial charge is 0.255 e. The van der Waals surface area contributed by atoms with Crippen LogP contribution in [0.1, 0.15) is 17.3 Å². The number of carbonyl (C=O) groups is 1. The maximum atomic E-state index is 12.2. The highest BCUT2D eigenvalue weighted by molar-refractivity contribution is 7.90. The van der Waals surface area contributed by atoms with Gasteiger partial charge in [-0.3, -0.25) is 4.79 Å². The van der Waals surface area contributed by atoms with Crippen molar-refractivity contribution in [2.75, 3.05) is 18.2 Å². The molecule has 122 valence electrons. The Bertz CT molecular complexity index is 816. The molecule has 1 amide bonds. The van der Waals surface area contributed by atoms with Crippen LogP contribution in [0.2, 0.25) is 5.02 Å². The van der Waals surface area contributed by atoms with E-state index in [0.717, 1.165) is 6.26 Å². The third-order valence-electron chi connectivity index (χ3n) is 3.02. The van der Waals surface area contributed by atoms with Gasteiger partial charge in [-0.05, 0) is 49.4 Å². The van der Waals surface area contributed by atoms with Crippen LogP contribution in [0.25, 0.3) is 0 Å². The lowest BCUT2D eigenvalue weighted by atomic mass is 10.2. The average Bonchev–Trinajstić information content (AvgIpc) is 2.48. The highest BCUT2D eigenvalue weighted by Gasteiger charge is 2.16. The molecule has 2 aromatic rings. The van der Waals surface area contributed by atoms with Crippen LogP contribution in [-0.2, 0) is 9.84 Å². The molecule has 0 radical (unpaired) electrons. The van der Waals surface area contributed by atoms with Crippen LogP contribution < -0.4 is 10.1 Å². The van der Waals surface area contributed by atoms with Crippen LogP contribution in [0, 0.1) is 0 Å². The van der Waals surface area contributed by atoms with Crippen LogP contribution in [-0.4, -0.2) is 27.2 Å². The van der Waals surface area contributed by atoms with Gasteiger partial charge in [0.15, 0.2) is 9.84 Å². The number of benzene rings is 2. The summed E-state index contributed by atoms with van der Waals surface area (Å²) in [6.07, 6.45) is 1.04. The summed E-state index contributed by atoms with van der Waals surface area (Å²) in [6.45, 7) is 2.44. The Morgan fingerprint density at radius 3 is 2.39 bits per heavy atom. The van der Waals surface area contributed by atoms with Crippen molar-refractivity contribution in [1.29, 1.82) is 0 Å². The van der Waals surface area contributed by atoms with Crippen LogP contribution in [0.15, 0.2) is 47.4 Å². The molecule has 0 heterocycles. The van der Waals surface area contributed by atoms with Gasteiger partial charge in [-0.2, -0.15) is 0 Å². The second-order valence-electron chi connectivity index (χ2n) is 4.83. The van der Waals surface area contributed by atoms with Crippen LogP contribution in [0.3, 0.4) is 0 Å². The molecule has 7 heteroatoms. The van der Waals surface area contributed by atoms with Crippen LogP contribution in [0.4, 0.5) is 5.69 Å². The molecule has 2 rings (SSSR count). The minimum atomic E-state index is -3.50. The van der Waals surface area contributed by atoms with Crippen LogP contribution >= 0.6 is 11.6 Å². The largest absolute Gasteiger partial charge is 0.494 e. The number of hydrogen-bond donors (Lipinski definition) is 1. The predicted molar refractivity (Wildman–Crippen MR) is 90.1 cm³/mol. The summed E-state index contributed by atoms with van der Waals surface area (Å²) in [5.41, 5.74) is 0.790. The fraction of sp³-hybridized carbons (Fsp3) is 0.188. The van der Waals surface area contributed by atoms with Gasteiger partial charge in [0.1, 0.15) is 5.75 Å². The minimum absolute atomic E-state index is 0.0708. The first-order valence-electron chi connectivity index (χ1n) is 6.85. The Morgan fingerprint density at radius 1 is 1.17 bits per heavy atom. The molecule has 0 aliphatic heterocycles. The standard InChI is InChI=1S/C16H16ClNO4S/c1-3-22-13-7-5-12(6-8-13)18-16(19)11-4-9-14(17)15(10-11)23(2,20)21/h4-10H,3H2,1-2H3,(H,18,19). The molecule has 0 aliphatic carbocycles. The number of anilines is 1. The normalized spacial score (nSPS) is 11.1. The van der Waals surface area contributed by atoms with E-state index in [-0.39, 0.29) is 15.5 Å². The summed E-state index contributed by atoms with van der Waals surface area (Å²) in [7, 11) is -3.50. The van der Waals surface area contributed by atoms with E-state index >= 15 is 0 Å². The van der Waals surface area contributed by atoms with Crippen molar-refractivity contribution in [3.63, 3.8) is 0 Å². The molecule has 0 aliphatic rings. The van der Waals surface area contributed by atoms with Gasteiger partial charge in [0.25, 0.3) is 5.91 Å². The SMILES string of the molecule is CCOc1ccc(NC(=O)c2ccc(Cl)c(S(C)(=O)=O)c2)cc1. The zero-order chi connectivity index (χ0) is 17.0. The van der Waals surface area contributed by atoms with Gasteiger partial charge in [0.05, 0.1) is 16.5 Å². The van der Waals surface area contributed by atoms with Crippen molar-refractivity contribution in [2.24, 2.45) is 0 Å². The number of nitrogens with one attached hydrogen (secondary N) is 1. The summed E-state index contributed by atoms with van der Waals surface area (Å²) < 4.78 is 28.6. The van der Waals surface area contributed by atoms with Crippen molar-refractivity contribution in [3.05, 3.63) is 53.1 Å². The molecule has 23 heavy (non-hydrogen) atoms. The summed E-state index contributed by atoms with van der Waals surface area (Å²) in [5.74, 6) is 0.284. The molecule has 0 fully saturated rings. The van der Waals surface area contributed by atoms with E-state index < -0.39 is 15.7 Å². The van der Waals surface area contributed by atoms with E-state index in [9.17, 15) is 13.2 Å². The minimum Gasteiger partial charge on any atom is -0.494 e. The van der Waals surface area contributed by atoms with E-state index in [4.69, 9.17) is 16.3 Å². The Morgan fingerprint density at radius 2 is 1.83 bits per heavy atom. The van der Waals surface area contributed by atoms with E-state index in [1.165, 1.54) is 18.2 Å². The second kappa shape index (κ2) is 7.02. The van der Waals surface area contributed by atoms with Crippen molar-refractivity contribution in [2.45, 2.75) is 11.8 Å². The molecular weight excluding hydrogens is 338 g/mol. The summed E-state index contributed by atoms with van der Waals surface area (Å²) in [4.78, 5) is 12.2. The third-order valence-corrected chi connectivity index (χ3v) is 4.59. The van der Waals surface area contributed by atoms with E-state index in [1.807, 2.05) is 6.92 Å². The van der Waals surface area contributed by atoms with Gasteiger partial charge in [0.2, 0.25) is 0 Å². The highest BCUT2D eigenvalue weighted by atomic mass is 35.5. The zero-order valence-electron chi connectivity index (χ0n) is 12.7. The van der Waals surface area contributed by atoms with Gasteiger partial charge in [-0.1, -0.05) is 11.6 Å². The predicted octanol–water partition coefficient (Wildman–Crippen LogP) is 3.39. The lowest BCUT2D eigenvalue weighted by Crippen LogP contribution is -2.13. The first kappa shape index (κ1) is 17.3. The molecule has 0 saturated carbocycles. The fourth-order valence-corrected chi connectivity index (χ4v) is 3.23. The summed E-state index contributed by atoms with van der Waals surface area (Å²) in [6, 6.07) is 11.0. The number of sulfone groups is 1. The lowest BCUT2D eigenvalue weighted by Gasteiger charge is -2.09. The number of ether oxygens (including phenoxy) is 1. The maximum absolute atomic E-state index is 12.2. The zero-order valence-corrected chi connectivity index (χ0v) is 14.2. The monoisotopic (exact) mass is 353 g/mol. The number of amides is 1. The molecule has 0 unspecified atom stereocenters. The van der Waals surface area contributed by atoms with Gasteiger partial charge in [0, 0.05) is 17.5 Å². The molecule has 1 N–H and O–H groups in total. The van der Waals surface area contributed by atoms with Gasteiger partial charge in [-0.25, -0.2) is 8.42 Å². The Hall–Kier alpha value is -2.05. The molecular formula is C16H16ClNO4S. The van der Waals surface area contributed by atoms with Gasteiger partial charge >= 0.3 is 0 Å². The van der Waals surface area contributed by atoms with E-state index in [0.29, 0.717) is 18.0 Å². The maximum Gasteiger partial charge on any atom is 0.255 e. The van der Waals surface area contributed by atoms with Crippen molar-refractivity contribution < 1.29 is 17.9 Å². The topological polar surface area (TPSA) is 72.5 Å². The molecule has 0 bridgehead atoms. The third kappa shape index (κ3) is 4.46. The fourth-order valence-electron chi connectivity index (χ4n) is 1.93. The first-order valence-corrected chi connectivity index (χ1v) is 9.12. The molecule has 0 spiro atoms. The summed E-state index contributed by atoms with van der Waals surface area (Å²) >= 11 is 5.87. The highest BCUT2D eigenvalue weighted by Crippen LogP contribution is 2.23. The molecule has 0 aromatic heterocycles. The van der Waals surface area contributed by atoms with Gasteiger partial charge < -0.3 is 10.1 Å².